The third-order valence-electron chi connectivity index (χ3n) is 4.54. The van der Waals surface area contributed by atoms with E-state index in [1.54, 1.807) is 10.7 Å². The maximum atomic E-state index is 12.2. The van der Waals surface area contributed by atoms with Gasteiger partial charge in [0.1, 0.15) is 12.4 Å². The molecule has 0 saturated carbocycles. The topological polar surface area (TPSA) is 59.4 Å². The van der Waals surface area contributed by atoms with Gasteiger partial charge >= 0.3 is 0 Å². The number of rotatable bonds is 6. The van der Waals surface area contributed by atoms with Crippen molar-refractivity contribution in [2.45, 2.75) is 25.3 Å². The van der Waals surface area contributed by atoms with E-state index in [9.17, 15) is 4.79 Å². The number of nitrogens with zero attached hydrogens (tertiary/aromatic N) is 3. The number of hydrogen-bond acceptors (Lipinski definition) is 4. The Morgan fingerprint density at radius 1 is 1.36 bits per heavy atom. The van der Waals surface area contributed by atoms with E-state index in [-0.39, 0.29) is 11.9 Å². The molecule has 1 aliphatic heterocycles. The molecule has 6 heteroatoms. The molecule has 1 radical (unpaired) electrons. The van der Waals surface area contributed by atoms with Crippen LogP contribution in [-0.2, 0) is 11.8 Å². The van der Waals surface area contributed by atoms with Gasteiger partial charge in [-0.2, -0.15) is 5.10 Å². The fourth-order valence-electron chi connectivity index (χ4n) is 3.14. The van der Waals surface area contributed by atoms with E-state index in [0.29, 0.717) is 13.2 Å². The zero-order valence-electron chi connectivity index (χ0n) is 14.9. The second-order valence-electron chi connectivity index (χ2n) is 6.49. The first-order chi connectivity index (χ1) is 12.1. The lowest BCUT2D eigenvalue weighted by atomic mass is 10.0. The molecule has 0 aliphatic carbocycles. The summed E-state index contributed by atoms with van der Waals surface area (Å²) in [6.45, 7) is 1.93. The number of aryl methyl sites for hydroxylation is 1. The van der Waals surface area contributed by atoms with E-state index in [1.807, 2.05) is 38.6 Å². The number of likely N-dealkylation sites (tertiary alicyclic amines) is 1. The molecular formula is C19H25N4O2. The molecule has 1 saturated heterocycles. The summed E-state index contributed by atoms with van der Waals surface area (Å²) in [5.41, 5.74) is 2.04. The lowest BCUT2D eigenvalue weighted by Gasteiger charge is -2.31. The van der Waals surface area contributed by atoms with Gasteiger partial charge in [-0.05, 0) is 56.3 Å². The molecule has 1 amide bonds. The minimum absolute atomic E-state index is 0.00371. The smallest absolute Gasteiger partial charge is 0.237 e. The second-order valence-corrected chi connectivity index (χ2v) is 6.49. The number of hydrogen-bond donors (Lipinski definition) is 1. The molecular weight excluding hydrogens is 316 g/mol. The molecule has 1 atom stereocenters. The second kappa shape index (κ2) is 8.16. The van der Waals surface area contributed by atoms with E-state index in [0.717, 1.165) is 36.3 Å². The van der Waals surface area contributed by atoms with Gasteiger partial charge < -0.3 is 10.1 Å². The lowest BCUT2D eigenvalue weighted by molar-refractivity contribution is -0.127. The summed E-state index contributed by atoms with van der Waals surface area (Å²) in [5.74, 6) is 0.840. The molecule has 0 spiro atoms. The number of benzene rings is 1. The number of likely N-dealkylation sites (N-methyl/N-ethyl adjacent to an activating group) is 1. The van der Waals surface area contributed by atoms with Crippen LogP contribution in [0.2, 0.25) is 0 Å². The van der Waals surface area contributed by atoms with Gasteiger partial charge in [-0.3, -0.25) is 14.4 Å². The highest BCUT2D eigenvalue weighted by molar-refractivity contribution is 5.81. The average molecular weight is 341 g/mol. The Kier molecular flexibility index (Phi) is 5.71. The van der Waals surface area contributed by atoms with Crippen molar-refractivity contribution in [2.75, 3.05) is 26.7 Å². The Hall–Kier alpha value is -2.34. The van der Waals surface area contributed by atoms with Crippen LogP contribution >= 0.6 is 0 Å². The first-order valence-electron chi connectivity index (χ1n) is 8.74. The summed E-state index contributed by atoms with van der Waals surface area (Å²) in [5, 5.41) is 7.15. The van der Waals surface area contributed by atoms with Crippen molar-refractivity contribution in [1.29, 1.82) is 0 Å². The van der Waals surface area contributed by atoms with Crippen LogP contribution in [0.1, 0.15) is 19.3 Å². The number of piperidine rings is 1. The number of amides is 1. The van der Waals surface area contributed by atoms with Gasteiger partial charge in [-0.25, -0.2) is 0 Å². The summed E-state index contributed by atoms with van der Waals surface area (Å²) in [4.78, 5) is 14.4. The Bertz CT molecular complexity index is 713. The van der Waals surface area contributed by atoms with Gasteiger partial charge in [0.25, 0.3) is 0 Å². The van der Waals surface area contributed by atoms with Crippen molar-refractivity contribution < 1.29 is 9.53 Å². The van der Waals surface area contributed by atoms with E-state index in [2.05, 4.69) is 21.4 Å². The monoisotopic (exact) mass is 341 g/mol. The molecule has 1 aliphatic rings. The number of aromatic nitrogens is 2. The van der Waals surface area contributed by atoms with Gasteiger partial charge in [0.15, 0.2) is 0 Å². The molecule has 3 rings (SSSR count). The third kappa shape index (κ3) is 4.60. The summed E-state index contributed by atoms with van der Waals surface area (Å²) < 4.78 is 7.52. The van der Waals surface area contributed by atoms with Gasteiger partial charge in [0.2, 0.25) is 5.91 Å². The summed E-state index contributed by atoms with van der Waals surface area (Å²) in [7, 11) is 3.90. The fraction of sp³-hybridized carbons (Fsp3) is 0.474. The van der Waals surface area contributed by atoms with Crippen LogP contribution in [0.15, 0.2) is 30.6 Å². The van der Waals surface area contributed by atoms with Crippen molar-refractivity contribution in [3.05, 3.63) is 36.7 Å². The van der Waals surface area contributed by atoms with E-state index in [4.69, 9.17) is 4.74 Å². The van der Waals surface area contributed by atoms with Crippen molar-refractivity contribution >= 4 is 5.91 Å². The maximum Gasteiger partial charge on any atom is 0.237 e. The third-order valence-corrected chi connectivity index (χ3v) is 4.54. The SMILES string of the molecule is CN1CCCCC1C(=O)NCCOc1c[c]cc(-c2cnn(C)c2)c1. The fourth-order valence-corrected chi connectivity index (χ4v) is 3.14. The largest absolute Gasteiger partial charge is 0.492 e. The predicted octanol–water partition coefficient (Wildman–Crippen LogP) is 1.87. The Labute approximate surface area is 148 Å². The maximum absolute atomic E-state index is 12.2. The van der Waals surface area contributed by atoms with Crippen molar-refractivity contribution in [3.63, 3.8) is 0 Å². The lowest BCUT2D eigenvalue weighted by Crippen LogP contribution is -2.48. The number of ether oxygens (including phenoxy) is 1. The number of carbonyl (C=O) groups is 1. The van der Waals surface area contributed by atoms with E-state index < -0.39 is 0 Å². The molecule has 2 heterocycles. The minimum Gasteiger partial charge on any atom is -0.492 e. The molecule has 1 aromatic heterocycles. The predicted molar refractivity (Wildman–Crippen MR) is 96.3 cm³/mol. The van der Waals surface area contributed by atoms with Crippen molar-refractivity contribution in [3.8, 4) is 16.9 Å². The summed E-state index contributed by atoms with van der Waals surface area (Å²) >= 11 is 0. The summed E-state index contributed by atoms with van der Waals surface area (Å²) in [6, 6.07) is 8.76. The van der Waals surface area contributed by atoms with Crippen LogP contribution in [0, 0.1) is 6.07 Å². The molecule has 25 heavy (non-hydrogen) atoms. The first kappa shape index (κ1) is 17.5. The molecule has 1 unspecified atom stereocenters. The minimum atomic E-state index is -0.00371. The highest BCUT2D eigenvalue weighted by atomic mass is 16.5. The van der Waals surface area contributed by atoms with Crippen LogP contribution in [0.5, 0.6) is 5.75 Å². The van der Waals surface area contributed by atoms with Gasteiger partial charge in [0, 0.05) is 18.8 Å². The molecule has 1 N–H and O–H groups in total. The number of nitrogens with one attached hydrogen (secondary N) is 1. The standard InChI is InChI=1S/C19H25N4O2/c1-22-10-4-3-8-18(22)19(24)20-9-11-25-17-7-5-6-15(12-17)16-13-21-23(2)14-16/h6-7,12-14,18H,3-4,8-11H2,1-2H3,(H,20,24). The zero-order valence-corrected chi connectivity index (χ0v) is 14.9. The normalized spacial score (nSPS) is 18.1. The van der Waals surface area contributed by atoms with Gasteiger partial charge in [0.05, 0.1) is 18.8 Å². The van der Waals surface area contributed by atoms with Crippen molar-refractivity contribution in [1.82, 2.24) is 20.0 Å². The first-order valence-corrected chi connectivity index (χ1v) is 8.74. The quantitative estimate of drug-likeness (QED) is 0.815. The summed E-state index contributed by atoms with van der Waals surface area (Å²) in [6.07, 6.45) is 7.00. The number of carbonyl (C=O) groups excluding carboxylic acids is 1. The zero-order chi connectivity index (χ0) is 17.6. The van der Waals surface area contributed by atoms with Crippen LogP contribution in [0.25, 0.3) is 11.1 Å². The van der Waals surface area contributed by atoms with E-state index >= 15 is 0 Å². The van der Waals surface area contributed by atoms with Crippen LogP contribution in [0.4, 0.5) is 0 Å². The Morgan fingerprint density at radius 3 is 3.00 bits per heavy atom. The Balaban J connectivity index is 1.47. The Morgan fingerprint density at radius 2 is 2.24 bits per heavy atom. The van der Waals surface area contributed by atoms with Crippen LogP contribution < -0.4 is 10.1 Å². The van der Waals surface area contributed by atoms with Gasteiger partial charge in [-0.15, -0.1) is 0 Å². The highest BCUT2D eigenvalue weighted by Gasteiger charge is 2.25. The molecule has 133 valence electrons. The van der Waals surface area contributed by atoms with Crippen molar-refractivity contribution in [2.24, 2.45) is 7.05 Å². The van der Waals surface area contributed by atoms with Gasteiger partial charge in [-0.1, -0.05) is 6.42 Å². The average Bonchev–Trinajstić information content (AvgIpc) is 3.06. The highest BCUT2D eigenvalue weighted by Crippen LogP contribution is 2.22. The van der Waals surface area contributed by atoms with Crippen LogP contribution in [-0.4, -0.2) is 53.4 Å². The molecule has 0 bridgehead atoms. The molecule has 6 nitrogen and oxygen atoms in total. The molecule has 1 aromatic carbocycles. The molecule has 1 fully saturated rings. The molecule has 2 aromatic rings. The van der Waals surface area contributed by atoms with Crippen LogP contribution in [0.3, 0.4) is 0 Å². The van der Waals surface area contributed by atoms with E-state index in [1.165, 1.54) is 6.42 Å².